The van der Waals surface area contributed by atoms with E-state index in [1.54, 1.807) is 49.4 Å². The first kappa shape index (κ1) is 19.9. The van der Waals surface area contributed by atoms with Crippen LogP contribution in [-0.4, -0.2) is 18.4 Å². The zero-order valence-corrected chi connectivity index (χ0v) is 16.5. The number of halogens is 2. The molecule has 0 spiro atoms. The molecule has 0 fully saturated rings. The summed E-state index contributed by atoms with van der Waals surface area (Å²) >= 11 is 0. The van der Waals surface area contributed by atoms with Gasteiger partial charge in [-0.2, -0.15) is 4.39 Å². The lowest BCUT2D eigenvalue weighted by atomic mass is 9.98. The fraction of sp³-hybridized carbons (Fsp3) is 0.167. The largest absolute Gasteiger partial charge is 0.344 e. The van der Waals surface area contributed by atoms with Crippen LogP contribution in [0.1, 0.15) is 38.7 Å². The maximum absolute atomic E-state index is 14.5. The van der Waals surface area contributed by atoms with Gasteiger partial charge in [-0.3, -0.25) is 9.79 Å². The van der Waals surface area contributed by atoms with E-state index in [-0.39, 0.29) is 18.3 Å². The molecule has 0 saturated carbocycles. The van der Waals surface area contributed by atoms with E-state index in [0.717, 1.165) is 16.7 Å². The van der Waals surface area contributed by atoms with E-state index >= 15 is 0 Å². The third-order valence-corrected chi connectivity index (χ3v) is 5.32. The summed E-state index contributed by atoms with van der Waals surface area (Å²) in [5.41, 5.74) is 9.96. The molecule has 6 heteroatoms. The highest BCUT2D eigenvalue weighted by atomic mass is 19.1. The van der Waals surface area contributed by atoms with Gasteiger partial charge in [-0.1, -0.05) is 42.5 Å². The monoisotopic (exact) mass is 405 g/mol. The van der Waals surface area contributed by atoms with Crippen molar-refractivity contribution in [2.45, 2.75) is 19.5 Å². The number of fused-ring (bicyclic) bond motifs is 1. The summed E-state index contributed by atoms with van der Waals surface area (Å²) in [5, 5.41) is 2.81. The molecular weight excluding hydrogens is 384 g/mol. The number of nitrogens with one attached hydrogen (secondary N) is 1. The molecule has 0 bridgehead atoms. The standard InChI is InChI=1S/C24H21F2N3O/c1-14-4-2-7-19(22(14)25)21(12-27)29-24(30)17-6-3-5-15(10-17)16-8-9-18-13-28-23(26)20(18)11-16/h2-11,21H,12-13,27H2,1H3,(H,29,30). The van der Waals surface area contributed by atoms with Gasteiger partial charge >= 0.3 is 0 Å². The number of aliphatic imine (C=N–C) groups is 1. The molecule has 1 aliphatic rings. The minimum atomic E-state index is -0.647. The number of hydrogen-bond donors (Lipinski definition) is 2. The topological polar surface area (TPSA) is 67.5 Å². The average Bonchev–Trinajstić information content (AvgIpc) is 3.14. The molecule has 1 atom stereocenters. The Hall–Kier alpha value is -3.38. The molecule has 0 aromatic heterocycles. The molecule has 0 saturated heterocycles. The summed E-state index contributed by atoms with van der Waals surface area (Å²) in [5.74, 6) is -1.20. The number of amides is 1. The van der Waals surface area contributed by atoms with Crippen molar-refractivity contribution >= 4 is 11.9 Å². The van der Waals surface area contributed by atoms with Crippen molar-refractivity contribution in [3.8, 4) is 11.1 Å². The van der Waals surface area contributed by atoms with E-state index < -0.39 is 12.0 Å². The molecule has 0 aliphatic carbocycles. The van der Waals surface area contributed by atoms with Gasteiger partial charge in [-0.15, -0.1) is 0 Å². The van der Waals surface area contributed by atoms with Crippen molar-refractivity contribution in [1.82, 2.24) is 5.32 Å². The average molecular weight is 405 g/mol. The van der Waals surface area contributed by atoms with Crippen LogP contribution in [0.5, 0.6) is 0 Å². The number of aryl methyl sites for hydroxylation is 1. The number of hydrogen-bond acceptors (Lipinski definition) is 3. The van der Waals surface area contributed by atoms with E-state index in [1.807, 2.05) is 18.2 Å². The van der Waals surface area contributed by atoms with Crippen molar-refractivity contribution in [3.63, 3.8) is 0 Å². The summed E-state index contributed by atoms with van der Waals surface area (Å²) < 4.78 is 28.3. The molecule has 1 heterocycles. The third-order valence-electron chi connectivity index (χ3n) is 5.32. The van der Waals surface area contributed by atoms with Crippen LogP contribution < -0.4 is 11.1 Å². The van der Waals surface area contributed by atoms with Crippen LogP contribution in [0.15, 0.2) is 65.7 Å². The number of rotatable bonds is 5. The number of nitrogens with two attached hydrogens (primary N) is 1. The Kier molecular flexibility index (Phi) is 5.42. The highest BCUT2D eigenvalue weighted by Gasteiger charge is 2.20. The number of carbonyl (C=O) groups is 1. The number of benzene rings is 3. The fourth-order valence-electron chi connectivity index (χ4n) is 3.61. The Morgan fingerprint density at radius 3 is 2.67 bits per heavy atom. The molecule has 0 radical (unpaired) electrons. The SMILES string of the molecule is Cc1cccc(C(CN)NC(=O)c2cccc(-c3ccc4c(c3)C(F)=NC4)c2)c1F. The minimum absolute atomic E-state index is 0.0647. The molecule has 4 nitrogen and oxygen atoms in total. The van der Waals surface area contributed by atoms with Crippen molar-refractivity contribution in [1.29, 1.82) is 0 Å². The lowest BCUT2D eigenvalue weighted by Crippen LogP contribution is -2.34. The quantitative estimate of drug-likeness (QED) is 0.658. The molecule has 1 amide bonds. The summed E-state index contributed by atoms with van der Waals surface area (Å²) in [6.07, 6.45) is 0. The van der Waals surface area contributed by atoms with Gasteiger partial charge in [0, 0.05) is 23.2 Å². The van der Waals surface area contributed by atoms with Crippen molar-refractivity contribution in [2.75, 3.05) is 6.54 Å². The molecule has 30 heavy (non-hydrogen) atoms. The molecule has 1 unspecified atom stereocenters. The molecule has 3 aromatic carbocycles. The van der Waals surface area contributed by atoms with E-state index in [2.05, 4.69) is 10.3 Å². The van der Waals surface area contributed by atoms with Gasteiger partial charge < -0.3 is 11.1 Å². The Labute approximate surface area is 173 Å². The first-order valence-electron chi connectivity index (χ1n) is 9.67. The summed E-state index contributed by atoms with van der Waals surface area (Å²) in [6.45, 7) is 2.08. The number of nitrogens with zero attached hydrogens (tertiary/aromatic N) is 1. The van der Waals surface area contributed by atoms with Crippen LogP contribution in [0.3, 0.4) is 0 Å². The van der Waals surface area contributed by atoms with E-state index in [9.17, 15) is 13.6 Å². The first-order chi connectivity index (χ1) is 14.5. The van der Waals surface area contributed by atoms with Crippen LogP contribution >= 0.6 is 0 Å². The summed E-state index contributed by atoms with van der Waals surface area (Å²) in [4.78, 5) is 16.7. The maximum Gasteiger partial charge on any atom is 0.251 e. The zero-order chi connectivity index (χ0) is 21.3. The highest BCUT2D eigenvalue weighted by Crippen LogP contribution is 2.28. The zero-order valence-electron chi connectivity index (χ0n) is 16.5. The molecular formula is C24H21F2N3O. The van der Waals surface area contributed by atoms with Gasteiger partial charge in [-0.25, -0.2) is 4.39 Å². The smallest absolute Gasteiger partial charge is 0.251 e. The second-order valence-electron chi connectivity index (χ2n) is 7.30. The van der Waals surface area contributed by atoms with Gasteiger partial charge in [0.2, 0.25) is 5.97 Å². The van der Waals surface area contributed by atoms with E-state index in [0.29, 0.717) is 28.8 Å². The number of carbonyl (C=O) groups excluding carboxylic acids is 1. The van der Waals surface area contributed by atoms with Gasteiger partial charge in [0.05, 0.1) is 12.6 Å². The second kappa shape index (κ2) is 8.16. The predicted octanol–water partition coefficient (Wildman–Crippen LogP) is 4.46. The van der Waals surface area contributed by atoms with Crippen molar-refractivity contribution in [3.05, 3.63) is 94.3 Å². The Balaban J connectivity index is 1.59. The third kappa shape index (κ3) is 3.74. The highest BCUT2D eigenvalue weighted by molar-refractivity contribution is 5.99. The molecule has 3 aromatic rings. The Morgan fingerprint density at radius 1 is 1.10 bits per heavy atom. The fourth-order valence-corrected chi connectivity index (χ4v) is 3.61. The Morgan fingerprint density at radius 2 is 1.87 bits per heavy atom. The van der Waals surface area contributed by atoms with Crippen molar-refractivity contribution < 1.29 is 13.6 Å². The van der Waals surface area contributed by atoms with E-state index in [4.69, 9.17) is 5.73 Å². The van der Waals surface area contributed by atoms with Crippen LogP contribution in [0.2, 0.25) is 0 Å². The summed E-state index contributed by atoms with van der Waals surface area (Å²) in [6, 6.07) is 16.9. The van der Waals surface area contributed by atoms with Gasteiger partial charge in [0.1, 0.15) is 5.82 Å². The predicted molar refractivity (Wildman–Crippen MR) is 114 cm³/mol. The van der Waals surface area contributed by atoms with Crippen LogP contribution in [-0.2, 0) is 6.54 Å². The minimum Gasteiger partial charge on any atom is -0.344 e. The molecule has 3 N–H and O–H groups in total. The van der Waals surface area contributed by atoms with E-state index in [1.165, 1.54) is 0 Å². The van der Waals surface area contributed by atoms with Crippen molar-refractivity contribution in [2.24, 2.45) is 10.7 Å². The second-order valence-corrected chi connectivity index (χ2v) is 7.30. The summed E-state index contributed by atoms with van der Waals surface area (Å²) in [7, 11) is 0. The van der Waals surface area contributed by atoms with Gasteiger partial charge in [0.25, 0.3) is 5.91 Å². The van der Waals surface area contributed by atoms with Gasteiger partial charge in [0.15, 0.2) is 0 Å². The Bertz CT molecular complexity index is 1160. The van der Waals surface area contributed by atoms with Crippen LogP contribution in [0.4, 0.5) is 8.78 Å². The normalized spacial score (nSPS) is 13.5. The molecule has 152 valence electrons. The lowest BCUT2D eigenvalue weighted by Gasteiger charge is -2.19. The van der Waals surface area contributed by atoms with Crippen LogP contribution in [0, 0.1) is 12.7 Å². The molecule has 1 aliphatic heterocycles. The maximum atomic E-state index is 14.5. The van der Waals surface area contributed by atoms with Gasteiger partial charge in [-0.05, 0) is 47.4 Å². The van der Waals surface area contributed by atoms with Crippen LogP contribution in [0.25, 0.3) is 11.1 Å². The first-order valence-corrected chi connectivity index (χ1v) is 9.67. The lowest BCUT2D eigenvalue weighted by molar-refractivity contribution is 0.0937. The molecule has 4 rings (SSSR count).